The first-order valence-corrected chi connectivity index (χ1v) is 12.7. The molecule has 10 heteroatoms. The second-order valence-corrected chi connectivity index (χ2v) is 11.2. The lowest BCUT2D eigenvalue weighted by Gasteiger charge is -2.34. The zero-order valence-corrected chi connectivity index (χ0v) is 22.5. The molecule has 190 valence electrons. The molecule has 36 heavy (non-hydrogen) atoms. The monoisotopic (exact) mass is 530 g/mol. The molecule has 3 heterocycles. The van der Waals surface area contributed by atoms with E-state index in [9.17, 15) is 0 Å². The molecule has 0 radical (unpaired) electrons. The van der Waals surface area contributed by atoms with Crippen molar-refractivity contribution in [3.05, 3.63) is 62.9 Å². The molecule has 0 spiro atoms. The van der Waals surface area contributed by atoms with Crippen LogP contribution in [0.2, 0.25) is 10.0 Å². The van der Waals surface area contributed by atoms with Crippen molar-refractivity contribution in [3.8, 4) is 17.2 Å². The lowest BCUT2D eigenvalue weighted by molar-refractivity contribution is -0.909. The minimum Gasteiger partial charge on any atom is -0.492 e. The van der Waals surface area contributed by atoms with Gasteiger partial charge in [0.25, 0.3) is 0 Å². The molecule has 5 rings (SSSR count). The predicted molar refractivity (Wildman–Crippen MR) is 138 cm³/mol. The number of allylic oxidation sites excluding steroid dienone is 1. The summed E-state index contributed by atoms with van der Waals surface area (Å²) in [6.45, 7) is 7.61. The van der Waals surface area contributed by atoms with Crippen molar-refractivity contribution in [1.29, 1.82) is 0 Å². The molecular formula is C26H30Cl2N5O3+. The summed E-state index contributed by atoms with van der Waals surface area (Å²) in [7, 11) is 3.82. The third kappa shape index (κ3) is 4.42. The lowest BCUT2D eigenvalue weighted by Crippen LogP contribution is -3.10. The fraction of sp³-hybridized carbons (Fsp3) is 0.423. The highest BCUT2D eigenvalue weighted by atomic mass is 35.5. The summed E-state index contributed by atoms with van der Waals surface area (Å²) < 4.78 is 19.3. The van der Waals surface area contributed by atoms with Crippen LogP contribution in [-0.2, 0) is 6.42 Å². The van der Waals surface area contributed by atoms with Gasteiger partial charge in [0.2, 0.25) is 18.4 Å². The highest BCUT2D eigenvalue weighted by Gasteiger charge is 2.42. The Morgan fingerprint density at radius 3 is 2.75 bits per heavy atom. The van der Waals surface area contributed by atoms with Gasteiger partial charge in [0.05, 0.1) is 32.3 Å². The van der Waals surface area contributed by atoms with Crippen LogP contribution in [0, 0.1) is 5.41 Å². The Balaban J connectivity index is 1.61. The van der Waals surface area contributed by atoms with Gasteiger partial charge in [-0.2, -0.15) is 0 Å². The Hall–Kier alpha value is -2.81. The molecule has 3 atom stereocenters. The van der Waals surface area contributed by atoms with Gasteiger partial charge in [0, 0.05) is 16.5 Å². The normalized spacial score (nSPS) is 20.0. The van der Waals surface area contributed by atoms with E-state index in [-0.39, 0.29) is 24.3 Å². The molecule has 3 aromatic rings. The summed E-state index contributed by atoms with van der Waals surface area (Å²) in [5, 5.41) is 14.4. The number of hydrogen-bond donors (Lipinski definition) is 1. The van der Waals surface area contributed by atoms with Gasteiger partial charge in [-0.1, -0.05) is 62.2 Å². The van der Waals surface area contributed by atoms with Crippen LogP contribution in [0.1, 0.15) is 55.4 Å². The third-order valence-corrected chi connectivity index (χ3v) is 7.43. The number of benzene rings is 2. The summed E-state index contributed by atoms with van der Waals surface area (Å²) in [6, 6.07) is 7.25. The molecule has 2 aromatic carbocycles. The topological polar surface area (TPSA) is 75.7 Å². The second-order valence-electron chi connectivity index (χ2n) is 10.3. The maximum atomic E-state index is 6.44. The highest BCUT2D eigenvalue weighted by molar-refractivity contribution is 6.35. The van der Waals surface area contributed by atoms with Crippen LogP contribution in [0.3, 0.4) is 0 Å². The molecule has 0 saturated carbocycles. The first kappa shape index (κ1) is 24.9. The van der Waals surface area contributed by atoms with E-state index in [4.69, 9.17) is 37.4 Å². The smallest absolute Gasteiger partial charge is 0.231 e. The summed E-state index contributed by atoms with van der Waals surface area (Å²) in [5.74, 6) is 2.81. The number of nitrogens with zero attached hydrogens (tertiary/aromatic N) is 4. The van der Waals surface area contributed by atoms with E-state index in [0.717, 1.165) is 41.2 Å². The van der Waals surface area contributed by atoms with Crippen LogP contribution in [0.4, 0.5) is 0 Å². The Morgan fingerprint density at radius 1 is 1.22 bits per heavy atom. The van der Waals surface area contributed by atoms with Gasteiger partial charge in [-0.3, -0.25) is 0 Å². The van der Waals surface area contributed by atoms with Crippen molar-refractivity contribution >= 4 is 29.3 Å². The van der Waals surface area contributed by atoms with Crippen LogP contribution in [0.15, 0.2) is 30.3 Å². The van der Waals surface area contributed by atoms with Crippen LogP contribution in [0.25, 0.3) is 6.08 Å². The number of aromatic nitrogens is 4. The van der Waals surface area contributed by atoms with Crippen molar-refractivity contribution in [2.24, 2.45) is 5.41 Å². The summed E-state index contributed by atoms with van der Waals surface area (Å²) in [4.78, 5) is 1.27. The molecule has 1 N–H and O–H groups in total. The summed E-state index contributed by atoms with van der Waals surface area (Å²) in [6.07, 6.45) is 5.00. The molecule has 0 bridgehead atoms. The number of ether oxygens (including phenoxy) is 3. The van der Waals surface area contributed by atoms with Crippen molar-refractivity contribution in [2.75, 3.05) is 27.5 Å². The number of fused-ring (bicyclic) bond motifs is 2. The van der Waals surface area contributed by atoms with Crippen LogP contribution < -0.4 is 19.1 Å². The van der Waals surface area contributed by atoms with Crippen LogP contribution in [-0.4, -0.2) is 47.7 Å². The number of nitrogens with one attached hydrogen (secondary N) is 1. The zero-order chi connectivity index (χ0) is 25.6. The molecular weight excluding hydrogens is 501 g/mol. The third-order valence-electron chi connectivity index (χ3n) is 6.87. The van der Waals surface area contributed by atoms with Crippen LogP contribution in [0.5, 0.6) is 17.2 Å². The first-order chi connectivity index (χ1) is 17.2. The lowest BCUT2D eigenvalue weighted by atomic mass is 9.85. The van der Waals surface area contributed by atoms with E-state index in [2.05, 4.69) is 55.5 Å². The molecule has 0 aliphatic carbocycles. The molecule has 1 aromatic heterocycles. The van der Waals surface area contributed by atoms with Crippen LogP contribution >= 0.6 is 23.2 Å². The fourth-order valence-electron chi connectivity index (χ4n) is 5.03. The van der Waals surface area contributed by atoms with Crippen molar-refractivity contribution < 1.29 is 19.1 Å². The average molecular weight is 531 g/mol. The number of methoxy groups -OCH3 is 1. The van der Waals surface area contributed by atoms with E-state index in [0.29, 0.717) is 21.5 Å². The van der Waals surface area contributed by atoms with Gasteiger partial charge < -0.3 is 19.1 Å². The van der Waals surface area contributed by atoms with Gasteiger partial charge in [-0.05, 0) is 45.2 Å². The minimum atomic E-state index is -0.191. The second kappa shape index (κ2) is 9.57. The molecule has 8 nitrogen and oxygen atoms in total. The van der Waals surface area contributed by atoms with E-state index in [1.807, 2.05) is 22.9 Å². The molecule has 2 aliphatic rings. The Morgan fingerprint density at radius 2 is 2.03 bits per heavy atom. The highest BCUT2D eigenvalue weighted by Crippen LogP contribution is 2.48. The first-order valence-electron chi connectivity index (χ1n) is 11.9. The van der Waals surface area contributed by atoms with E-state index < -0.39 is 0 Å². The quantitative estimate of drug-likeness (QED) is 0.533. The number of tetrazole rings is 1. The maximum absolute atomic E-state index is 6.44. The maximum Gasteiger partial charge on any atom is 0.231 e. The standard InChI is InChI=1S/C26H29Cl2N5O3/c1-26(2,3)20(9-7-15-6-8-17(27)13-18(15)28)33-25(29-30-31-33)22-21-16(10-11-32(22)4)12-19-23(24(21)34-5)36-14-35-19/h6-9,12-13,20,22H,10-11,14H2,1-5H3/p+1/b9-7+/t20-,22+/m1/s1. The SMILES string of the molecule is COc1c2c(cc3c1[C@@H](c1nnnn1[C@H](/C=C/c1ccc(Cl)cc1Cl)C(C)(C)C)[NH+](C)CC3)OCO2. The zero-order valence-electron chi connectivity index (χ0n) is 21.0. The van der Waals surface area contributed by atoms with Crippen molar-refractivity contribution in [2.45, 2.75) is 39.3 Å². The molecule has 0 saturated heterocycles. The Bertz CT molecular complexity index is 1320. The number of quaternary nitrogens is 1. The molecule has 0 fully saturated rings. The summed E-state index contributed by atoms with van der Waals surface area (Å²) in [5.41, 5.74) is 2.89. The largest absolute Gasteiger partial charge is 0.492 e. The van der Waals surface area contributed by atoms with Crippen molar-refractivity contribution in [3.63, 3.8) is 0 Å². The number of halogens is 2. The minimum absolute atomic E-state index is 0.146. The molecule has 2 aliphatic heterocycles. The fourth-order valence-corrected chi connectivity index (χ4v) is 5.50. The molecule has 1 unspecified atom stereocenters. The van der Waals surface area contributed by atoms with Gasteiger partial charge in [0.1, 0.15) is 0 Å². The Labute approximate surface area is 220 Å². The van der Waals surface area contributed by atoms with Gasteiger partial charge in [-0.25, -0.2) is 4.68 Å². The molecule has 0 amide bonds. The van der Waals surface area contributed by atoms with Crippen molar-refractivity contribution in [1.82, 2.24) is 20.2 Å². The van der Waals surface area contributed by atoms with Gasteiger partial charge >= 0.3 is 0 Å². The number of rotatable bonds is 5. The average Bonchev–Trinajstić information content (AvgIpc) is 3.48. The summed E-state index contributed by atoms with van der Waals surface area (Å²) >= 11 is 12.5. The Kier molecular flexibility index (Phi) is 6.61. The van der Waals surface area contributed by atoms with Gasteiger partial charge in [-0.15, -0.1) is 5.10 Å². The van der Waals surface area contributed by atoms with Gasteiger partial charge in [0.15, 0.2) is 17.5 Å². The van der Waals surface area contributed by atoms with E-state index >= 15 is 0 Å². The number of likely N-dealkylation sites (N-methyl/N-ethyl adjacent to an activating group) is 1. The van der Waals surface area contributed by atoms with E-state index in [1.54, 1.807) is 13.2 Å². The van der Waals surface area contributed by atoms with E-state index in [1.165, 1.54) is 4.90 Å². The number of hydrogen-bond acceptors (Lipinski definition) is 6. The predicted octanol–water partition coefficient (Wildman–Crippen LogP) is 4.18.